The van der Waals surface area contributed by atoms with Crippen molar-refractivity contribution in [3.8, 4) is 0 Å². The van der Waals surface area contributed by atoms with Crippen LogP contribution in [0.2, 0.25) is 0 Å². The van der Waals surface area contributed by atoms with Crippen LogP contribution in [0.15, 0.2) is 71.8 Å². The van der Waals surface area contributed by atoms with Crippen LogP contribution in [0.3, 0.4) is 0 Å². The van der Waals surface area contributed by atoms with E-state index in [0.717, 1.165) is 32.7 Å². The number of hydrogen-bond acceptors (Lipinski definition) is 3. The third kappa shape index (κ3) is 3.94. The minimum Gasteiger partial charge on any atom is -0.295 e. The molecule has 3 nitrogen and oxygen atoms in total. The van der Waals surface area contributed by atoms with E-state index in [1.165, 1.54) is 27.5 Å². The van der Waals surface area contributed by atoms with Gasteiger partial charge in [0.05, 0.1) is 6.21 Å². The molecule has 0 aromatic heterocycles. The van der Waals surface area contributed by atoms with Crippen molar-refractivity contribution in [1.29, 1.82) is 0 Å². The molecule has 1 aliphatic rings. The van der Waals surface area contributed by atoms with E-state index >= 15 is 0 Å². The van der Waals surface area contributed by atoms with Gasteiger partial charge in [0.1, 0.15) is 0 Å². The Morgan fingerprint density at radius 1 is 0.885 bits per heavy atom. The quantitative estimate of drug-likeness (QED) is 0.658. The molecule has 0 saturated carbocycles. The monoisotopic (exact) mass is 343 g/mol. The van der Waals surface area contributed by atoms with Crippen molar-refractivity contribution in [2.24, 2.45) is 5.10 Å². The lowest BCUT2D eigenvalue weighted by Gasteiger charge is -2.33. The second-order valence-electron chi connectivity index (χ2n) is 7.03. The van der Waals surface area contributed by atoms with Crippen LogP contribution in [0.1, 0.15) is 16.7 Å². The summed E-state index contributed by atoms with van der Waals surface area (Å²) < 4.78 is 0. The Bertz CT molecular complexity index is 903. The van der Waals surface area contributed by atoms with E-state index in [1.807, 2.05) is 6.21 Å². The second-order valence-corrected chi connectivity index (χ2v) is 7.03. The molecular formula is C23H25N3. The first-order chi connectivity index (χ1) is 12.8. The number of rotatable bonds is 4. The van der Waals surface area contributed by atoms with E-state index in [2.05, 4.69) is 88.7 Å². The van der Waals surface area contributed by atoms with Crippen LogP contribution in [-0.2, 0) is 6.54 Å². The molecule has 0 radical (unpaired) electrons. The van der Waals surface area contributed by atoms with E-state index < -0.39 is 0 Å². The topological polar surface area (TPSA) is 18.8 Å². The summed E-state index contributed by atoms with van der Waals surface area (Å²) in [5.41, 5.74) is 3.86. The highest BCUT2D eigenvalue weighted by molar-refractivity contribution is 5.85. The molecule has 0 aliphatic carbocycles. The van der Waals surface area contributed by atoms with Gasteiger partial charge in [-0.05, 0) is 28.8 Å². The van der Waals surface area contributed by atoms with E-state index in [4.69, 9.17) is 0 Å². The van der Waals surface area contributed by atoms with Gasteiger partial charge in [-0.15, -0.1) is 0 Å². The maximum Gasteiger partial charge on any atom is 0.0543 e. The Morgan fingerprint density at radius 3 is 2.50 bits per heavy atom. The van der Waals surface area contributed by atoms with Crippen LogP contribution in [0.5, 0.6) is 0 Å². The molecule has 1 saturated heterocycles. The summed E-state index contributed by atoms with van der Waals surface area (Å²) >= 11 is 0. The van der Waals surface area contributed by atoms with Crippen LogP contribution < -0.4 is 0 Å². The molecule has 0 bridgehead atoms. The van der Waals surface area contributed by atoms with Crippen molar-refractivity contribution in [2.75, 3.05) is 26.2 Å². The summed E-state index contributed by atoms with van der Waals surface area (Å²) in [6, 6.07) is 23.7. The van der Waals surface area contributed by atoms with Gasteiger partial charge in [-0.2, -0.15) is 5.10 Å². The van der Waals surface area contributed by atoms with Gasteiger partial charge in [0.15, 0.2) is 0 Å². The van der Waals surface area contributed by atoms with E-state index in [9.17, 15) is 0 Å². The fraction of sp³-hybridized carbons (Fsp3) is 0.261. The zero-order valence-electron chi connectivity index (χ0n) is 15.3. The molecule has 4 rings (SSSR count). The van der Waals surface area contributed by atoms with Crippen molar-refractivity contribution < 1.29 is 0 Å². The molecule has 0 spiro atoms. The van der Waals surface area contributed by atoms with Crippen molar-refractivity contribution in [1.82, 2.24) is 9.91 Å². The smallest absolute Gasteiger partial charge is 0.0543 e. The molecule has 1 aliphatic heterocycles. The van der Waals surface area contributed by atoms with E-state index in [-0.39, 0.29) is 0 Å². The molecule has 0 unspecified atom stereocenters. The van der Waals surface area contributed by atoms with Gasteiger partial charge < -0.3 is 0 Å². The van der Waals surface area contributed by atoms with Crippen molar-refractivity contribution >= 4 is 17.0 Å². The maximum atomic E-state index is 4.67. The summed E-state index contributed by atoms with van der Waals surface area (Å²) in [7, 11) is 0. The van der Waals surface area contributed by atoms with Crippen LogP contribution >= 0.6 is 0 Å². The van der Waals surface area contributed by atoms with Gasteiger partial charge in [-0.3, -0.25) is 9.91 Å². The normalized spacial score (nSPS) is 15.8. The van der Waals surface area contributed by atoms with Crippen LogP contribution in [0.4, 0.5) is 0 Å². The summed E-state index contributed by atoms with van der Waals surface area (Å²) in [5.74, 6) is 0. The highest BCUT2D eigenvalue weighted by Crippen LogP contribution is 2.20. The molecule has 3 aromatic rings. The highest BCUT2D eigenvalue weighted by Gasteiger charge is 2.16. The predicted molar refractivity (Wildman–Crippen MR) is 110 cm³/mol. The Balaban J connectivity index is 1.36. The third-order valence-electron chi connectivity index (χ3n) is 5.03. The molecule has 0 amide bonds. The number of hydrazone groups is 1. The molecule has 0 atom stereocenters. The van der Waals surface area contributed by atoms with Crippen molar-refractivity contribution in [3.05, 3.63) is 83.4 Å². The lowest BCUT2D eigenvalue weighted by molar-refractivity contribution is 0.131. The minimum absolute atomic E-state index is 0.979. The Kier molecular flexibility index (Phi) is 4.98. The number of hydrogen-bond donors (Lipinski definition) is 0. The molecule has 0 N–H and O–H groups in total. The Morgan fingerprint density at radius 2 is 1.65 bits per heavy atom. The van der Waals surface area contributed by atoms with E-state index in [0.29, 0.717) is 0 Å². The molecule has 3 heteroatoms. The first-order valence-electron chi connectivity index (χ1n) is 9.32. The van der Waals surface area contributed by atoms with Crippen LogP contribution in [0.25, 0.3) is 10.8 Å². The molecule has 1 heterocycles. The summed E-state index contributed by atoms with van der Waals surface area (Å²) in [4.78, 5) is 2.53. The molecule has 132 valence electrons. The third-order valence-corrected chi connectivity index (χ3v) is 5.03. The van der Waals surface area contributed by atoms with Crippen molar-refractivity contribution in [2.45, 2.75) is 13.5 Å². The zero-order valence-corrected chi connectivity index (χ0v) is 15.3. The zero-order chi connectivity index (χ0) is 17.8. The Labute approximate surface area is 155 Å². The SMILES string of the molecule is Cc1cccc(C=NN2CCN(Cc3cccc4ccccc34)CC2)c1. The average molecular weight is 343 g/mol. The number of nitrogens with zero attached hydrogens (tertiary/aromatic N) is 3. The first-order valence-corrected chi connectivity index (χ1v) is 9.32. The number of aryl methyl sites for hydroxylation is 1. The molecule has 26 heavy (non-hydrogen) atoms. The number of benzene rings is 3. The summed E-state index contributed by atoms with van der Waals surface area (Å²) in [5, 5.41) is 9.55. The lowest BCUT2D eigenvalue weighted by Crippen LogP contribution is -2.43. The van der Waals surface area contributed by atoms with Crippen molar-refractivity contribution in [3.63, 3.8) is 0 Å². The fourth-order valence-electron chi connectivity index (χ4n) is 3.58. The fourth-order valence-corrected chi connectivity index (χ4v) is 3.58. The minimum atomic E-state index is 0.979. The summed E-state index contributed by atoms with van der Waals surface area (Å²) in [6.07, 6.45) is 1.98. The van der Waals surface area contributed by atoms with E-state index in [1.54, 1.807) is 0 Å². The lowest BCUT2D eigenvalue weighted by atomic mass is 10.0. The van der Waals surface area contributed by atoms with Gasteiger partial charge in [0.25, 0.3) is 0 Å². The second kappa shape index (κ2) is 7.71. The highest BCUT2D eigenvalue weighted by atomic mass is 15.5. The largest absolute Gasteiger partial charge is 0.295 e. The van der Waals surface area contributed by atoms with Gasteiger partial charge in [0, 0.05) is 32.7 Å². The van der Waals surface area contributed by atoms with Crippen LogP contribution in [-0.4, -0.2) is 42.3 Å². The number of fused-ring (bicyclic) bond motifs is 1. The van der Waals surface area contributed by atoms with Gasteiger partial charge in [-0.25, -0.2) is 0 Å². The van der Waals surface area contributed by atoms with Gasteiger partial charge in [0.2, 0.25) is 0 Å². The number of piperazine rings is 1. The Hall–Kier alpha value is -2.65. The predicted octanol–water partition coefficient (Wildman–Crippen LogP) is 4.30. The molecular weight excluding hydrogens is 318 g/mol. The average Bonchev–Trinajstić information content (AvgIpc) is 2.68. The summed E-state index contributed by atoms with van der Waals surface area (Å²) in [6.45, 7) is 7.18. The first kappa shape index (κ1) is 16.8. The molecule has 3 aromatic carbocycles. The maximum absolute atomic E-state index is 4.67. The standard InChI is InChI=1S/C23H25N3/c1-19-6-4-7-20(16-19)17-24-26-14-12-25(13-15-26)18-22-10-5-9-21-8-2-3-11-23(21)22/h2-11,16-17H,12-15,18H2,1H3. The van der Waals surface area contributed by atoms with Crippen LogP contribution in [0, 0.1) is 6.92 Å². The van der Waals surface area contributed by atoms with Gasteiger partial charge >= 0.3 is 0 Å². The molecule has 1 fully saturated rings. The van der Waals surface area contributed by atoms with Gasteiger partial charge in [-0.1, -0.05) is 72.3 Å².